The van der Waals surface area contributed by atoms with Gasteiger partial charge in [0.1, 0.15) is 24.4 Å². The normalized spacial score (nSPS) is 28.4. The van der Waals surface area contributed by atoms with E-state index in [2.05, 4.69) is 10.6 Å². The number of hydrogen-bond donors (Lipinski definition) is 9. The monoisotopic (exact) mass is 396 g/mol. The maximum Gasteiger partial charge on any atom is 0.303 e. The van der Waals surface area contributed by atoms with E-state index in [-0.39, 0.29) is 0 Å². The van der Waals surface area contributed by atoms with E-state index in [1.165, 1.54) is 0 Å². The van der Waals surface area contributed by atoms with Gasteiger partial charge in [-0.3, -0.25) is 14.4 Å². The number of carbonyl (C=O) groups excluding carboxylic acids is 2. The van der Waals surface area contributed by atoms with Crippen LogP contribution in [0.15, 0.2) is 0 Å². The minimum absolute atomic E-state index is 0.495. The average molecular weight is 396 g/mol. The van der Waals surface area contributed by atoms with Crippen molar-refractivity contribution in [2.45, 2.75) is 49.1 Å². The maximum absolute atomic E-state index is 12.3. The first kappa shape index (κ1) is 23.2. The summed E-state index contributed by atoms with van der Waals surface area (Å²) in [6, 6.07) is 0. The molecule has 27 heavy (non-hydrogen) atoms. The number of amides is 2. The molecule has 0 bridgehead atoms. The summed E-state index contributed by atoms with van der Waals surface area (Å²) in [5, 5.41) is 69.8. The summed E-state index contributed by atoms with van der Waals surface area (Å²) in [7, 11) is 0. The molecule has 13 nitrogen and oxygen atoms in total. The maximum atomic E-state index is 12.3. The van der Waals surface area contributed by atoms with Crippen LogP contribution in [-0.4, -0.2) is 110 Å². The van der Waals surface area contributed by atoms with E-state index in [1.54, 1.807) is 0 Å². The molecular weight excluding hydrogens is 372 g/mol. The molecule has 1 rings (SSSR count). The Kier molecular flexibility index (Phi) is 8.49. The second-order valence-electron chi connectivity index (χ2n) is 6.09. The fourth-order valence-electron chi connectivity index (χ4n) is 2.34. The molecule has 0 aromatic carbocycles. The number of aliphatic hydroxyl groups is 6. The van der Waals surface area contributed by atoms with Crippen LogP contribution >= 0.6 is 0 Å². The first-order valence-electron chi connectivity index (χ1n) is 7.98. The van der Waals surface area contributed by atoms with Crippen molar-refractivity contribution in [3.05, 3.63) is 0 Å². The molecule has 0 aromatic rings. The summed E-state index contributed by atoms with van der Waals surface area (Å²) in [6.07, 6.45) is -9.33. The van der Waals surface area contributed by atoms with E-state index < -0.39 is 86.6 Å². The van der Waals surface area contributed by atoms with Gasteiger partial charge in [-0.05, 0) is 0 Å². The number of hydrogen-bond acceptors (Lipinski definition) is 10. The van der Waals surface area contributed by atoms with E-state index in [4.69, 9.17) is 9.84 Å². The lowest BCUT2D eigenvalue weighted by Crippen LogP contribution is -2.65. The molecular formula is C14H24N2O11. The second-order valence-corrected chi connectivity index (χ2v) is 6.09. The molecule has 1 saturated heterocycles. The zero-order chi connectivity index (χ0) is 20.8. The molecule has 0 spiro atoms. The van der Waals surface area contributed by atoms with Gasteiger partial charge in [-0.1, -0.05) is 0 Å². The third kappa shape index (κ3) is 5.80. The van der Waals surface area contributed by atoms with Crippen molar-refractivity contribution >= 4 is 17.8 Å². The predicted octanol–water partition coefficient (Wildman–Crippen LogP) is -5.39. The van der Waals surface area contributed by atoms with Crippen molar-refractivity contribution in [3.63, 3.8) is 0 Å². The van der Waals surface area contributed by atoms with Gasteiger partial charge >= 0.3 is 5.97 Å². The van der Waals surface area contributed by atoms with Gasteiger partial charge in [-0.2, -0.15) is 0 Å². The van der Waals surface area contributed by atoms with Gasteiger partial charge in [0.25, 0.3) is 5.91 Å². The Morgan fingerprint density at radius 1 is 0.926 bits per heavy atom. The Bertz CT molecular complexity index is 539. The van der Waals surface area contributed by atoms with Crippen LogP contribution in [-0.2, 0) is 19.1 Å². The van der Waals surface area contributed by atoms with Gasteiger partial charge < -0.3 is 51.1 Å². The van der Waals surface area contributed by atoms with Crippen LogP contribution in [0.1, 0.15) is 12.8 Å². The summed E-state index contributed by atoms with van der Waals surface area (Å²) >= 11 is 0. The number of carboxylic acids is 1. The smallest absolute Gasteiger partial charge is 0.303 e. The minimum atomic E-state index is -2.17. The van der Waals surface area contributed by atoms with Gasteiger partial charge in [-0.15, -0.1) is 0 Å². The largest absolute Gasteiger partial charge is 0.481 e. The Labute approximate surface area is 153 Å². The van der Waals surface area contributed by atoms with Gasteiger partial charge in [0.15, 0.2) is 11.8 Å². The molecule has 0 radical (unpaired) electrons. The fraction of sp³-hybridized carbons (Fsp3) is 0.786. The molecule has 1 aliphatic heterocycles. The third-order valence-electron chi connectivity index (χ3n) is 4.07. The van der Waals surface area contributed by atoms with E-state index in [0.717, 1.165) is 0 Å². The number of carboxylic acid groups (broad SMARTS) is 1. The second kappa shape index (κ2) is 9.89. The molecule has 1 fully saturated rings. The highest BCUT2D eigenvalue weighted by Gasteiger charge is 2.44. The highest BCUT2D eigenvalue weighted by atomic mass is 16.6. The molecule has 156 valence electrons. The first-order valence-corrected chi connectivity index (χ1v) is 7.98. The van der Waals surface area contributed by atoms with Gasteiger partial charge in [-0.25, -0.2) is 0 Å². The summed E-state index contributed by atoms with van der Waals surface area (Å²) in [5.41, 5.74) is -2.17. The molecule has 9 N–H and O–H groups in total. The van der Waals surface area contributed by atoms with Crippen LogP contribution in [0.3, 0.4) is 0 Å². The number of nitrogens with one attached hydrogen (secondary N) is 2. The van der Waals surface area contributed by atoms with Crippen LogP contribution in [0.2, 0.25) is 0 Å². The van der Waals surface area contributed by atoms with Crippen LogP contribution in [0.4, 0.5) is 0 Å². The fourth-order valence-corrected chi connectivity index (χ4v) is 2.34. The Balaban J connectivity index is 2.72. The lowest BCUT2D eigenvalue weighted by Gasteiger charge is -2.39. The standard InChI is InChI=1S/C14H24N2O11/c17-4-14(5-18,16-7(19)1-2-8(20)21)13(26)15-3-6-9(22)10(23)11(24)12(25)27-6/h6,9-12,17-18,22-25H,1-5H2,(H,15,26)(H,16,19)(H,20,21)/t6-,9+,10+,11-,12+/m0/s1. The van der Waals surface area contributed by atoms with Crippen LogP contribution in [0.5, 0.6) is 0 Å². The summed E-state index contributed by atoms with van der Waals surface area (Å²) < 4.78 is 4.86. The van der Waals surface area contributed by atoms with E-state index in [9.17, 15) is 45.0 Å². The van der Waals surface area contributed by atoms with E-state index in [0.29, 0.717) is 0 Å². The summed E-state index contributed by atoms with van der Waals surface area (Å²) in [6.45, 7) is -2.55. The topological polar surface area (TPSA) is 226 Å². The number of rotatable bonds is 9. The van der Waals surface area contributed by atoms with Gasteiger partial charge in [0.05, 0.1) is 19.6 Å². The lowest BCUT2D eigenvalue weighted by molar-refractivity contribution is -0.280. The third-order valence-corrected chi connectivity index (χ3v) is 4.07. The van der Waals surface area contributed by atoms with Crippen LogP contribution in [0.25, 0.3) is 0 Å². The molecule has 1 aliphatic rings. The SMILES string of the molecule is O=C(O)CCC(=O)NC(CO)(CO)C(=O)NC[C@@H]1O[C@@H](O)[C@@H](O)[C@H](O)[C@@H]1O. The number of aliphatic hydroxyl groups excluding tert-OH is 6. The Morgan fingerprint density at radius 3 is 2.04 bits per heavy atom. The molecule has 1 heterocycles. The van der Waals surface area contributed by atoms with Crippen molar-refractivity contribution in [2.24, 2.45) is 0 Å². The van der Waals surface area contributed by atoms with E-state index in [1.807, 2.05) is 0 Å². The summed E-state index contributed by atoms with van der Waals surface area (Å²) in [5.74, 6) is -3.24. The Hall–Kier alpha value is -1.87. The van der Waals surface area contributed by atoms with Crippen molar-refractivity contribution < 1.29 is 54.9 Å². The minimum Gasteiger partial charge on any atom is -0.481 e. The van der Waals surface area contributed by atoms with Crippen LogP contribution < -0.4 is 10.6 Å². The zero-order valence-electron chi connectivity index (χ0n) is 14.2. The summed E-state index contributed by atoms with van der Waals surface area (Å²) in [4.78, 5) is 34.5. The average Bonchev–Trinajstić information content (AvgIpc) is 2.64. The molecule has 13 heteroatoms. The molecule has 0 aliphatic carbocycles. The van der Waals surface area contributed by atoms with Crippen molar-refractivity contribution in [3.8, 4) is 0 Å². The van der Waals surface area contributed by atoms with Crippen molar-refractivity contribution in [1.29, 1.82) is 0 Å². The van der Waals surface area contributed by atoms with Gasteiger partial charge in [0, 0.05) is 13.0 Å². The zero-order valence-corrected chi connectivity index (χ0v) is 14.2. The Morgan fingerprint density at radius 2 is 1.52 bits per heavy atom. The number of aliphatic carboxylic acids is 1. The van der Waals surface area contributed by atoms with E-state index >= 15 is 0 Å². The van der Waals surface area contributed by atoms with Crippen LogP contribution in [0, 0.1) is 0 Å². The number of carbonyl (C=O) groups is 3. The molecule has 2 amide bonds. The molecule has 0 saturated carbocycles. The predicted molar refractivity (Wildman–Crippen MR) is 83.8 cm³/mol. The quantitative estimate of drug-likeness (QED) is 0.179. The molecule has 5 atom stereocenters. The van der Waals surface area contributed by atoms with Crippen molar-refractivity contribution in [2.75, 3.05) is 19.8 Å². The first-order chi connectivity index (χ1) is 12.6. The molecule has 0 unspecified atom stereocenters. The lowest BCUT2D eigenvalue weighted by atomic mass is 9.97. The highest BCUT2D eigenvalue weighted by Crippen LogP contribution is 2.19. The van der Waals surface area contributed by atoms with Crippen molar-refractivity contribution in [1.82, 2.24) is 10.6 Å². The van der Waals surface area contributed by atoms with Gasteiger partial charge in [0.2, 0.25) is 5.91 Å². The number of ether oxygens (including phenoxy) is 1. The molecule has 0 aromatic heterocycles. The highest BCUT2D eigenvalue weighted by molar-refractivity contribution is 5.92.